The van der Waals surface area contributed by atoms with E-state index >= 15 is 0 Å². The number of carbonyl (C=O) groups excluding carboxylic acids is 1. The van der Waals surface area contributed by atoms with Gasteiger partial charge in [-0.25, -0.2) is 4.79 Å². The van der Waals surface area contributed by atoms with E-state index in [1.807, 2.05) is 12.1 Å². The molecule has 0 aliphatic carbocycles. The molecule has 1 aromatic rings. The number of carbonyl (C=O) groups is 1. The van der Waals surface area contributed by atoms with E-state index in [1.165, 1.54) is 12.1 Å². The Morgan fingerprint density at radius 1 is 1.27 bits per heavy atom. The number of hydrogen-bond acceptors (Lipinski definition) is 3. The topological polar surface area (TPSA) is 55.8 Å². The maximum absolute atomic E-state index is 12.3. The fourth-order valence-corrected chi connectivity index (χ4v) is 3.41. The van der Waals surface area contributed by atoms with Crippen LogP contribution in [0.25, 0.3) is 0 Å². The second-order valence-corrected chi connectivity index (χ2v) is 6.49. The quantitative estimate of drug-likeness (QED) is 0.902. The number of nitrogens with zero attached hydrogens (tertiary/aromatic N) is 2. The van der Waals surface area contributed by atoms with Gasteiger partial charge in [0.05, 0.1) is 12.6 Å². The summed E-state index contributed by atoms with van der Waals surface area (Å²) in [6.45, 7) is 5.26. The molecule has 0 unspecified atom stereocenters. The summed E-state index contributed by atoms with van der Waals surface area (Å²) in [6, 6.07) is 7.91. The molecule has 3 rings (SSSR count). The number of nitrogens with one attached hydrogen (secondary N) is 1. The van der Waals surface area contributed by atoms with Gasteiger partial charge in [-0.15, -0.1) is 0 Å². The molecule has 22 heavy (non-hydrogen) atoms. The summed E-state index contributed by atoms with van der Waals surface area (Å²) in [5.74, 6) is 0.755. The van der Waals surface area contributed by atoms with Crippen LogP contribution in [0.4, 0.5) is 16.2 Å². The first kappa shape index (κ1) is 15.2. The van der Waals surface area contributed by atoms with Gasteiger partial charge in [-0.3, -0.25) is 0 Å². The molecule has 0 saturated carbocycles. The van der Waals surface area contributed by atoms with Crippen molar-refractivity contribution in [2.45, 2.75) is 32.2 Å². The van der Waals surface area contributed by atoms with E-state index in [1.54, 1.807) is 4.90 Å². The minimum atomic E-state index is -0.112. The van der Waals surface area contributed by atoms with E-state index in [-0.39, 0.29) is 18.7 Å². The molecule has 2 saturated heterocycles. The molecular formula is C17H25N3O2. The van der Waals surface area contributed by atoms with E-state index in [9.17, 15) is 9.90 Å². The Labute approximate surface area is 131 Å². The van der Waals surface area contributed by atoms with Crippen molar-refractivity contribution < 1.29 is 9.90 Å². The summed E-state index contributed by atoms with van der Waals surface area (Å²) < 4.78 is 0. The number of urea groups is 1. The van der Waals surface area contributed by atoms with E-state index in [0.29, 0.717) is 0 Å². The third-order valence-corrected chi connectivity index (χ3v) is 4.76. The summed E-state index contributed by atoms with van der Waals surface area (Å²) in [6.07, 6.45) is 3.09. The van der Waals surface area contributed by atoms with Crippen molar-refractivity contribution in [3.8, 4) is 0 Å². The number of anilines is 2. The molecule has 2 fully saturated rings. The lowest BCUT2D eigenvalue weighted by Gasteiger charge is -2.23. The molecule has 0 radical (unpaired) electrons. The molecule has 0 spiro atoms. The van der Waals surface area contributed by atoms with Crippen molar-refractivity contribution in [1.29, 1.82) is 0 Å². The van der Waals surface area contributed by atoms with Gasteiger partial charge in [0.1, 0.15) is 0 Å². The molecule has 2 aliphatic heterocycles. The van der Waals surface area contributed by atoms with Crippen LogP contribution in [0.2, 0.25) is 0 Å². The molecule has 2 atom stereocenters. The maximum Gasteiger partial charge on any atom is 0.322 e. The molecular weight excluding hydrogens is 278 g/mol. The van der Waals surface area contributed by atoms with Gasteiger partial charge in [0.2, 0.25) is 0 Å². The fourth-order valence-electron chi connectivity index (χ4n) is 3.41. The molecule has 2 amide bonds. The number of benzene rings is 1. The zero-order chi connectivity index (χ0) is 15.5. The van der Waals surface area contributed by atoms with Gasteiger partial charge in [0.25, 0.3) is 0 Å². The highest BCUT2D eigenvalue weighted by Crippen LogP contribution is 2.25. The first-order valence-electron chi connectivity index (χ1n) is 8.21. The van der Waals surface area contributed by atoms with Crippen LogP contribution in [0.1, 0.15) is 26.2 Å². The molecule has 0 aromatic heterocycles. The first-order valence-corrected chi connectivity index (χ1v) is 8.21. The summed E-state index contributed by atoms with van der Waals surface area (Å²) in [4.78, 5) is 16.4. The first-order chi connectivity index (χ1) is 10.7. The van der Waals surface area contributed by atoms with Crippen LogP contribution < -0.4 is 10.2 Å². The normalized spacial score (nSPS) is 24.8. The predicted octanol–water partition coefficient (Wildman–Crippen LogP) is 2.52. The summed E-state index contributed by atoms with van der Waals surface area (Å²) in [7, 11) is 0. The van der Waals surface area contributed by atoms with Crippen LogP contribution in [0.3, 0.4) is 0 Å². The van der Waals surface area contributed by atoms with Crippen molar-refractivity contribution in [2.24, 2.45) is 5.92 Å². The molecule has 1 aromatic carbocycles. The van der Waals surface area contributed by atoms with Crippen molar-refractivity contribution in [1.82, 2.24) is 4.90 Å². The Kier molecular flexibility index (Phi) is 4.52. The number of rotatable bonds is 3. The average Bonchev–Trinajstić information content (AvgIpc) is 3.16. The number of aliphatic hydroxyl groups is 1. The van der Waals surface area contributed by atoms with Gasteiger partial charge >= 0.3 is 6.03 Å². The van der Waals surface area contributed by atoms with Crippen molar-refractivity contribution in [3.05, 3.63) is 24.3 Å². The van der Waals surface area contributed by atoms with Gasteiger partial charge in [-0.05, 0) is 49.4 Å². The molecule has 5 nitrogen and oxygen atoms in total. The number of aliphatic hydroxyl groups excluding tert-OH is 1. The van der Waals surface area contributed by atoms with E-state index < -0.39 is 0 Å². The monoisotopic (exact) mass is 303 g/mol. The Balaban J connectivity index is 1.60. The highest BCUT2D eigenvalue weighted by Gasteiger charge is 2.28. The standard InChI is InChI=1S/C17H25N3O2/c1-13-8-10-19(11-13)15-6-4-14(5-7-15)18-17(22)20-9-2-3-16(20)12-21/h4-7,13,16,21H,2-3,8-12H2,1H3,(H,18,22)/t13-,16-/m1/s1. The van der Waals surface area contributed by atoms with Gasteiger partial charge < -0.3 is 20.2 Å². The SMILES string of the molecule is C[C@@H]1CCN(c2ccc(NC(=O)N3CCC[C@@H]3CO)cc2)C1. The second-order valence-electron chi connectivity index (χ2n) is 6.49. The minimum Gasteiger partial charge on any atom is -0.394 e. The molecule has 2 aliphatic rings. The van der Waals surface area contributed by atoms with Crippen LogP contribution in [0.5, 0.6) is 0 Å². The number of amides is 2. The lowest BCUT2D eigenvalue weighted by atomic mass is 10.2. The summed E-state index contributed by atoms with van der Waals surface area (Å²) in [5, 5.41) is 12.2. The Bertz CT molecular complexity index is 517. The van der Waals surface area contributed by atoms with Crippen LogP contribution in [-0.4, -0.2) is 48.3 Å². The summed E-state index contributed by atoms with van der Waals surface area (Å²) in [5.41, 5.74) is 2.03. The Morgan fingerprint density at radius 3 is 2.68 bits per heavy atom. The largest absolute Gasteiger partial charge is 0.394 e. The molecule has 0 bridgehead atoms. The Hall–Kier alpha value is -1.75. The van der Waals surface area contributed by atoms with Gasteiger partial charge in [-0.2, -0.15) is 0 Å². The third kappa shape index (κ3) is 3.19. The number of hydrogen-bond donors (Lipinski definition) is 2. The highest BCUT2D eigenvalue weighted by atomic mass is 16.3. The van der Waals surface area contributed by atoms with Crippen molar-refractivity contribution >= 4 is 17.4 Å². The van der Waals surface area contributed by atoms with Crippen molar-refractivity contribution in [2.75, 3.05) is 36.5 Å². The van der Waals surface area contributed by atoms with Crippen LogP contribution in [0.15, 0.2) is 24.3 Å². The van der Waals surface area contributed by atoms with Crippen LogP contribution in [0, 0.1) is 5.92 Å². The molecule has 5 heteroatoms. The maximum atomic E-state index is 12.3. The van der Waals surface area contributed by atoms with Crippen LogP contribution in [-0.2, 0) is 0 Å². The van der Waals surface area contributed by atoms with Gasteiger partial charge in [0.15, 0.2) is 0 Å². The van der Waals surface area contributed by atoms with Crippen LogP contribution >= 0.6 is 0 Å². The smallest absolute Gasteiger partial charge is 0.322 e. The summed E-state index contributed by atoms with van der Waals surface area (Å²) >= 11 is 0. The third-order valence-electron chi connectivity index (χ3n) is 4.76. The second kappa shape index (κ2) is 6.57. The Morgan fingerprint density at radius 2 is 2.05 bits per heavy atom. The van der Waals surface area contributed by atoms with Gasteiger partial charge in [0, 0.05) is 31.0 Å². The van der Waals surface area contributed by atoms with E-state index in [4.69, 9.17) is 0 Å². The van der Waals surface area contributed by atoms with Gasteiger partial charge in [-0.1, -0.05) is 6.92 Å². The lowest BCUT2D eigenvalue weighted by molar-refractivity contribution is 0.166. The van der Waals surface area contributed by atoms with E-state index in [2.05, 4.69) is 29.3 Å². The lowest BCUT2D eigenvalue weighted by Crippen LogP contribution is -2.40. The molecule has 2 N–H and O–H groups in total. The predicted molar refractivity (Wildman–Crippen MR) is 88.3 cm³/mol. The fraction of sp³-hybridized carbons (Fsp3) is 0.588. The minimum absolute atomic E-state index is 0.0367. The highest BCUT2D eigenvalue weighted by molar-refractivity contribution is 5.90. The molecule has 2 heterocycles. The zero-order valence-electron chi connectivity index (χ0n) is 13.2. The van der Waals surface area contributed by atoms with E-state index in [0.717, 1.165) is 44.1 Å². The number of likely N-dealkylation sites (tertiary alicyclic amines) is 1. The molecule has 120 valence electrons. The average molecular weight is 303 g/mol. The zero-order valence-corrected chi connectivity index (χ0v) is 13.2. The van der Waals surface area contributed by atoms with Crippen molar-refractivity contribution in [3.63, 3.8) is 0 Å².